The summed E-state index contributed by atoms with van der Waals surface area (Å²) in [6.07, 6.45) is 2.45. The van der Waals surface area contributed by atoms with E-state index in [1.165, 1.54) is 0 Å². The SMILES string of the molecule is Cc1ccc(NC(=O)CN2CCCCC2C(=O)O)c(Br)c1.Cl. The quantitative estimate of drug-likeness (QED) is 0.827. The van der Waals surface area contributed by atoms with Gasteiger partial charge >= 0.3 is 5.97 Å². The van der Waals surface area contributed by atoms with E-state index in [4.69, 9.17) is 0 Å². The number of aryl methyl sites for hydroxylation is 1. The predicted molar refractivity (Wildman–Crippen MR) is 91.6 cm³/mol. The standard InChI is InChI=1S/C15H19BrN2O3.ClH/c1-10-5-6-12(11(16)8-10)17-14(19)9-18-7-3-2-4-13(18)15(20)21;/h5-6,8,13H,2-4,7,9H2,1H3,(H,17,19)(H,20,21);1H. The van der Waals surface area contributed by atoms with Gasteiger partial charge in [0.05, 0.1) is 12.2 Å². The summed E-state index contributed by atoms with van der Waals surface area (Å²) in [4.78, 5) is 25.1. The number of piperidine rings is 1. The summed E-state index contributed by atoms with van der Waals surface area (Å²) in [5, 5.41) is 12.0. The summed E-state index contributed by atoms with van der Waals surface area (Å²) in [6, 6.07) is 5.13. The number of amides is 1. The Hall–Kier alpha value is -1.11. The van der Waals surface area contributed by atoms with Crippen LogP contribution in [0.15, 0.2) is 22.7 Å². The van der Waals surface area contributed by atoms with Crippen LogP contribution in [0, 0.1) is 6.92 Å². The third-order valence-corrected chi connectivity index (χ3v) is 4.30. The Morgan fingerprint density at radius 1 is 1.41 bits per heavy atom. The fraction of sp³-hybridized carbons (Fsp3) is 0.467. The van der Waals surface area contributed by atoms with Crippen LogP contribution in [0.4, 0.5) is 5.69 Å². The molecular weight excluding hydrogens is 372 g/mol. The monoisotopic (exact) mass is 390 g/mol. The molecule has 5 nitrogen and oxygen atoms in total. The lowest BCUT2D eigenvalue weighted by Crippen LogP contribution is -2.47. The molecule has 22 heavy (non-hydrogen) atoms. The number of halogens is 2. The number of likely N-dealkylation sites (tertiary alicyclic amines) is 1. The van der Waals surface area contributed by atoms with Gasteiger partial charge in [0.2, 0.25) is 5.91 Å². The minimum absolute atomic E-state index is 0. The molecule has 0 radical (unpaired) electrons. The summed E-state index contributed by atoms with van der Waals surface area (Å²) >= 11 is 3.41. The smallest absolute Gasteiger partial charge is 0.320 e. The number of carbonyl (C=O) groups excluding carboxylic acids is 1. The maximum absolute atomic E-state index is 12.1. The summed E-state index contributed by atoms with van der Waals surface area (Å²) in [7, 11) is 0. The van der Waals surface area contributed by atoms with E-state index in [1.807, 2.05) is 25.1 Å². The van der Waals surface area contributed by atoms with Crippen molar-refractivity contribution in [3.8, 4) is 0 Å². The van der Waals surface area contributed by atoms with E-state index < -0.39 is 12.0 Å². The lowest BCUT2D eigenvalue weighted by molar-refractivity contribution is -0.145. The number of carbonyl (C=O) groups is 2. The zero-order valence-corrected chi connectivity index (χ0v) is 14.7. The van der Waals surface area contributed by atoms with Crippen molar-refractivity contribution in [1.29, 1.82) is 0 Å². The maximum atomic E-state index is 12.1. The Bertz CT molecular complexity index is 554. The second-order valence-corrected chi connectivity index (χ2v) is 6.21. The maximum Gasteiger partial charge on any atom is 0.320 e. The summed E-state index contributed by atoms with van der Waals surface area (Å²) in [5.41, 5.74) is 1.80. The van der Waals surface area contributed by atoms with Crippen LogP contribution >= 0.6 is 28.3 Å². The van der Waals surface area contributed by atoms with Crippen molar-refractivity contribution in [3.05, 3.63) is 28.2 Å². The number of aliphatic carboxylic acids is 1. The normalized spacial score (nSPS) is 18.4. The molecule has 0 aliphatic carbocycles. The van der Waals surface area contributed by atoms with Crippen molar-refractivity contribution >= 4 is 45.9 Å². The van der Waals surface area contributed by atoms with Gasteiger partial charge in [-0.25, -0.2) is 0 Å². The minimum atomic E-state index is -0.848. The molecule has 1 amide bonds. The number of rotatable bonds is 4. The van der Waals surface area contributed by atoms with Crippen LogP contribution in [0.5, 0.6) is 0 Å². The average molecular weight is 392 g/mol. The lowest BCUT2D eigenvalue weighted by Gasteiger charge is -2.32. The molecule has 1 aliphatic rings. The number of benzene rings is 1. The van der Waals surface area contributed by atoms with Crippen molar-refractivity contribution in [2.24, 2.45) is 0 Å². The molecule has 0 spiro atoms. The minimum Gasteiger partial charge on any atom is -0.480 e. The molecule has 1 aromatic carbocycles. The molecule has 7 heteroatoms. The van der Waals surface area contributed by atoms with Crippen LogP contribution in [0.3, 0.4) is 0 Å². The number of carboxylic acid groups (broad SMARTS) is 1. The summed E-state index contributed by atoms with van der Waals surface area (Å²) in [5.74, 6) is -1.04. The number of nitrogens with one attached hydrogen (secondary N) is 1. The van der Waals surface area contributed by atoms with Gasteiger partial charge in [0.25, 0.3) is 0 Å². The van der Waals surface area contributed by atoms with Crippen LogP contribution in [-0.2, 0) is 9.59 Å². The molecule has 2 N–H and O–H groups in total. The van der Waals surface area contributed by atoms with Gasteiger partial charge in [-0.05, 0) is 59.9 Å². The van der Waals surface area contributed by atoms with E-state index in [2.05, 4.69) is 21.2 Å². The van der Waals surface area contributed by atoms with E-state index in [-0.39, 0.29) is 24.9 Å². The fourth-order valence-electron chi connectivity index (χ4n) is 2.56. The third kappa shape index (κ3) is 4.97. The number of nitrogens with zero attached hydrogens (tertiary/aromatic N) is 1. The first kappa shape index (κ1) is 18.9. The molecule has 0 saturated carbocycles. The van der Waals surface area contributed by atoms with Gasteiger partial charge in [0.15, 0.2) is 0 Å². The van der Waals surface area contributed by atoms with Gasteiger partial charge in [0.1, 0.15) is 6.04 Å². The van der Waals surface area contributed by atoms with Gasteiger partial charge in [-0.15, -0.1) is 12.4 Å². The first-order chi connectivity index (χ1) is 9.97. The van der Waals surface area contributed by atoms with Gasteiger partial charge in [0, 0.05) is 4.47 Å². The van der Waals surface area contributed by atoms with Crippen molar-refractivity contribution in [2.45, 2.75) is 32.2 Å². The molecule has 0 bridgehead atoms. The van der Waals surface area contributed by atoms with E-state index in [0.29, 0.717) is 18.7 Å². The Morgan fingerprint density at radius 3 is 2.77 bits per heavy atom. The Labute approximate surface area is 144 Å². The second-order valence-electron chi connectivity index (χ2n) is 5.35. The lowest BCUT2D eigenvalue weighted by atomic mass is 10.0. The van der Waals surface area contributed by atoms with Crippen LogP contribution in [0.2, 0.25) is 0 Å². The van der Waals surface area contributed by atoms with Crippen LogP contribution in [0.1, 0.15) is 24.8 Å². The molecular formula is C15H20BrClN2O3. The molecule has 1 fully saturated rings. The van der Waals surface area contributed by atoms with E-state index in [1.54, 1.807) is 4.90 Å². The first-order valence-corrected chi connectivity index (χ1v) is 7.79. The summed E-state index contributed by atoms with van der Waals surface area (Å²) < 4.78 is 0.823. The molecule has 1 aliphatic heterocycles. The highest BCUT2D eigenvalue weighted by Gasteiger charge is 2.29. The van der Waals surface area contributed by atoms with Crippen molar-refractivity contribution in [3.63, 3.8) is 0 Å². The third-order valence-electron chi connectivity index (χ3n) is 3.64. The van der Waals surface area contributed by atoms with E-state index in [0.717, 1.165) is 22.9 Å². The average Bonchev–Trinajstić information content (AvgIpc) is 2.42. The van der Waals surface area contributed by atoms with Gasteiger partial charge in [-0.2, -0.15) is 0 Å². The van der Waals surface area contributed by atoms with Gasteiger partial charge in [-0.3, -0.25) is 14.5 Å². The van der Waals surface area contributed by atoms with Gasteiger partial charge < -0.3 is 10.4 Å². The highest BCUT2D eigenvalue weighted by Crippen LogP contribution is 2.23. The molecule has 2 rings (SSSR count). The topological polar surface area (TPSA) is 69.6 Å². The highest BCUT2D eigenvalue weighted by molar-refractivity contribution is 9.10. The number of anilines is 1. The Morgan fingerprint density at radius 2 is 2.14 bits per heavy atom. The van der Waals surface area contributed by atoms with E-state index in [9.17, 15) is 14.7 Å². The molecule has 122 valence electrons. The fourth-order valence-corrected chi connectivity index (χ4v) is 3.15. The van der Waals surface area contributed by atoms with Crippen molar-refractivity contribution < 1.29 is 14.7 Å². The summed E-state index contributed by atoms with van der Waals surface area (Å²) in [6.45, 7) is 2.73. The van der Waals surface area contributed by atoms with E-state index >= 15 is 0 Å². The van der Waals surface area contributed by atoms with Crippen LogP contribution in [-0.4, -0.2) is 41.0 Å². The zero-order chi connectivity index (χ0) is 15.4. The van der Waals surface area contributed by atoms with Crippen LogP contribution in [0.25, 0.3) is 0 Å². The molecule has 1 saturated heterocycles. The van der Waals surface area contributed by atoms with Crippen LogP contribution < -0.4 is 5.32 Å². The largest absolute Gasteiger partial charge is 0.480 e. The molecule has 1 heterocycles. The highest BCUT2D eigenvalue weighted by atomic mass is 79.9. The Kier molecular flexibility index (Phi) is 7.32. The zero-order valence-electron chi connectivity index (χ0n) is 12.3. The first-order valence-electron chi connectivity index (χ1n) is 7.00. The predicted octanol–water partition coefficient (Wildman–Crippen LogP) is 3.06. The van der Waals surface area contributed by atoms with Gasteiger partial charge in [-0.1, -0.05) is 12.5 Å². The molecule has 1 unspecified atom stereocenters. The number of carboxylic acids is 1. The molecule has 1 aromatic rings. The van der Waals surface area contributed by atoms with Crippen molar-refractivity contribution in [2.75, 3.05) is 18.4 Å². The number of hydrogen-bond donors (Lipinski definition) is 2. The van der Waals surface area contributed by atoms with Crippen molar-refractivity contribution in [1.82, 2.24) is 4.90 Å². The molecule has 1 atom stereocenters. The Balaban J connectivity index is 0.00000242. The second kappa shape index (κ2) is 8.50. The molecule has 0 aromatic heterocycles. The number of hydrogen-bond acceptors (Lipinski definition) is 3.